The van der Waals surface area contributed by atoms with E-state index in [4.69, 9.17) is 0 Å². The van der Waals surface area contributed by atoms with Gasteiger partial charge in [-0.2, -0.15) is 0 Å². The van der Waals surface area contributed by atoms with Crippen LogP contribution in [0.15, 0.2) is 28.6 Å². The zero-order chi connectivity index (χ0) is 15.2. The van der Waals surface area contributed by atoms with Gasteiger partial charge in [0.15, 0.2) is 4.34 Å². The van der Waals surface area contributed by atoms with Gasteiger partial charge in [-0.15, -0.1) is 10.2 Å². The predicted molar refractivity (Wildman–Crippen MR) is 89.4 cm³/mol. The molecular weight excluding hydrogens is 302 g/mol. The Morgan fingerprint density at radius 1 is 1.29 bits per heavy atom. The molecule has 1 amide bonds. The van der Waals surface area contributed by atoms with E-state index in [0.717, 1.165) is 16.5 Å². The Kier molecular flexibility index (Phi) is 5.76. The summed E-state index contributed by atoms with van der Waals surface area (Å²) in [6, 6.07) is 7.67. The van der Waals surface area contributed by atoms with Crippen molar-refractivity contribution in [3.8, 4) is 0 Å². The minimum atomic E-state index is -0.145. The van der Waals surface area contributed by atoms with E-state index >= 15 is 0 Å². The molecule has 0 unspecified atom stereocenters. The predicted octanol–water partition coefficient (Wildman–Crippen LogP) is 4.42. The van der Waals surface area contributed by atoms with Crippen LogP contribution in [0.4, 0.5) is 5.13 Å². The highest BCUT2D eigenvalue weighted by atomic mass is 32.2. The number of hydrogen-bond acceptors (Lipinski definition) is 5. The van der Waals surface area contributed by atoms with E-state index in [1.807, 2.05) is 24.3 Å². The maximum Gasteiger partial charge on any atom is 0.257 e. The molecule has 0 spiro atoms. The van der Waals surface area contributed by atoms with Crippen LogP contribution in [-0.4, -0.2) is 21.9 Å². The first-order valence-corrected chi connectivity index (χ1v) is 8.78. The maximum atomic E-state index is 12.1. The number of thioether (sulfide) groups is 1. The van der Waals surface area contributed by atoms with Crippen molar-refractivity contribution in [3.63, 3.8) is 0 Å². The number of benzene rings is 1. The lowest BCUT2D eigenvalue weighted by Gasteiger charge is -2.06. The van der Waals surface area contributed by atoms with E-state index in [0.29, 0.717) is 16.6 Å². The highest BCUT2D eigenvalue weighted by Gasteiger charge is 2.10. The van der Waals surface area contributed by atoms with Crippen LogP contribution in [0.1, 0.15) is 49.0 Å². The quantitative estimate of drug-likeness (QED) is 0.632. The average molecular weight is 321 g/mol. The van der Waals surface area contributed by atoms with E-state index in [1.165, 1.54) is 16.9 Å². The lowest BCUT2D eigenvalue weighted by Crippen LogP contribution is -2.11. The molecule has 2 rings (SSSR count). The van der Waals surface area contributed by atoms with E-state index in [2.05, 4.69) is 36.3 Å². The fraction of sp³-hybridized carbons (Fsp3) is 0.400. The van der Waals surface area contributed by atoms with E-state index < -0.39 is 0 Å². The molecule has 0 saturated heterocycles. The Hall–Kier alpha value is -1.40. The van der Waals surface area contributed by atoms with Crippen molar-refractivity contribution < 1.29 is 4.79 Å². The largest absolute Gasteiger partial charge is 0.296 e. The molecule has 0 aliphatic rings. The van der Waals surface area contributed by atoms with Crippen molar-refractivity contribution >= 4 is 34.1 Å². The minimum absolute atomic E-state index is 0.145. The number of nitrogens with zero attached hydrogens (tertiary/aromatic N) is 2. The second-order valence-corrected chi connectivity index (χ2v) is 7.27. The summed E-state index contributed by atoms with van der Waals surface area (Å²) >= 11 is 3.08. The number of carbonyl (C=O) groups is 1. The van der Waals surface area contributed by atoms with Crippen LogP contribution >= 0.6 is 23.1 Å². The highest BCUT2D eigenvalue weighted by molar-refractivity contribution is 8.01. The Morgan fingerprint density at radius 3 is 2.62 bits per heavy atom. The SMILES string of the molecule is CCCSc1nnc(NC(=O)c2ccc(C(C)C)cc2)s1. The molecule has 0 atom stereocenters. The third-order valence-electron chi connectivity index (χ3n) is 2.90. The molecule has 0 fully saturated rings. The van der Waals surface area contributed by atoms with Gasteiger partial charge in [0.25, 0.3) is 5.91 Å². The summed E-state index contributed by atoms with van der Waals surface area (Å²) in [5, 5.41) is 11.4. The van der Waals surface area contributed by atoms with Gasteiger partial charge in [0.05, 0.1) is 0 Å². The second kappa shape index (κ2) is 7.56. The van der Waals surface area contributed by atoms with Crippen molar-refractivity contribution in [1.82, 2.24) is 10.2 Å². The Morgan fingerprint density at radius 2 is 2.00 bits per heavy atom. The van der Waals surface area contributed by atoms with Gasteiger partial charge < -0.3 is 0 Å². The van der Waals surface area contributed by atoms with Crippen LogP contribution in [-0.2, 0) is 0 Å². The monoisotopic (exact) mass is 321 g/mol. The molecule has 0 aliphatic carbocycles. The maximum absolute atomic E-state index is 12.1. The van der Waals surface area contributed by atoms with Crippen LogP contribution < -0.4 is 5.32 Å². The summed E-state index contributed by atoms with van der Waals surface area (Å²) in [6.07, 6.45) is 1.09. The molecule has 1 aromatic carbocycles. The molecule has 0 saturated carbocycles. The van der Waals surface area contributed by atoms with Gasteiger partial charge in [-0.05, 0) is 30.0 Å². The first-order valence-electron chi connectivity index (χ1n) is 6.97. The minimum Gasteiger partial charge on any atom is -0.296 e. The molecule has 1 aromatic heterocycles. The van der Waals surface area contributed by atoms with Gasteiger partial charge in [-0.1, -0.05) is 56.0 Å². The van der Waals surface area contributed by atoms with Crippen molar-refractivity contribution in [2.75, 3.05) is 11.1 Å². The van der Waals surface area contributed by atoms with Crippen molar-refractivity contribution in [3.05, 3.63) is 35.4 Å². The Labute approximate surface area is 133 Å². The molecule has 4 nitrogen and oxygen atoms in total. The van der Waals surface area contributed by atoms with Crippen molar-refractivity contribution in [2.45, 2.75) is 37.4 Å². The molecule has 2 aromatic rings. The summed E-state index contributed by atoms with van der Waals surface area (Å²) in [4.78, 5) is 12.1. The van der Waals surface area contributed by atoms with Gasteiger partial charge in [-0.25, -0.2) is 0 Å². The number of carbonyl (C=O) groups excluding carboxylic acids is 1. The molecule has 0 aliphatic heterocycles. The smallest absolute Gasteiger partial charge is 0.257 e. The number of amides is 1. The van der Waals surface area contributed by atoms with E-state index in [9.17, 15) is 4.79 Å². The number of nitrogens with one attached hydrogen (secondary N) is 1. The molecule has 0 radical (unpaired) electrons. The van der Waals surface area contributed by atoms with Gasteiger partial charge in [0.1, 0.15) is 0 Å². The van der Waals surface area contributed by atoms with Crippen LogP contribution in [0.5, 0.6) is 0 Å². The number of aromatic nitrogens is 2. The van der Waals surface area contributed by atoms with Crippen LogP contribution in [0.2, 0.25) is 0 Å². The summed E-state index contributed by atoms with van der Waals surface area (Å²) in [6.45, 7) is 6.38. The summed E-state index contributed by atoms with van der Waals surface area (Å²) < 4.78 is 0.891. The fourth-order valence-electron chi connectivity index (χ4n) is 1.70. The van der Waals surface area contributed by atoms with Crippen molar-refractivity contribution in [2.24, 2.45) is 0 Å². The van der Waals surface area contributed by atoms with Crippen LogP contribution in [0.25, 0.3) is 0 Å². The van der Waals surface area contributed by atoms with Gasteiger partial charge in [0.2, 0.25) is 5.13 Å². The third kappa shape index (κ3) is 4.54. The molecule has 112 valence electrons. The number of hydrogen-bond donors (Lipinski definition) is 1. The zero-order valence-corrected chi connectivity index (χ0v) is 14.1. The van der Waals surface area contributed by atoms with Gasteiger partial charge in [-0.3, -0.25) is 10.1 Å². The van der Waals surface area contributed by atoms with Crippen molar-refractivity contribution in [1.29, 1.82) is 0 Å². The zero-order valence-electron chi connectivity index (χ0n) is 12.4. The Bertz CT molecular complexity index is 593. The topological polar surface area (TPSA) is 54.9 Å². The normalized spacial score (nSPS) is 10.9. The second-order valence-electron chi connectivity index (χ2n) is 4.95. The lowest BCUT2D eigenvalue weighted by atomic mass is 10.0. The molecule has 0 bridgehead atoms. The lowest BCUT2D eigenvalue weighted by molar-refractivity contribution is 0.102. The molecule has 1 heterocycles. The van der Waals surface area contributed by atoms with E-state index in [1.54, 1.807) is 11.8 Å². The molecule has 21 heavy (non-hydrogen) atoms. The van der Waals surface area contributed by atoms with E-state index in [-0.39, 0.29) is 5.91 Å². The standard InChI is InChI=1S/C15H19N3OS2/c1-4-9-20-15-18-17-14(21-15)16-13(19)12-7-5-11(6-8-12)10(2)3/h5-8,10H,4,9H2,1-3H3,(H,16,17,19). The first kappa shape index (κ1) is 16.0. The highest BCUT2D eigenvalue weighted by Crippen LogP contribution is 2.26. The van der Waals surface area contributed by atoms with Crippen LogP contribution in [0, 0.1) is 0 Å². The van der Waals surface area contributed by atoms with Gasteiger partial charge >= 0.3 is 0 Å². The first-order chi connectivity index (χ1) is 10.1. The molecule has 6 heteroatoms. The fourth-order valence-corrected chi connectivity index (χ4v) is 3.37. The number of rotatable bonds is 6. The third-order valence-corrected chi connectivity index (χ3v) is 5.07. The molecule has 1 N–H and O–H groups in total. The number of anilines is 1. The van der Waals surface area contributed by atoms with Gasteiger partial charge in [0, 0.05) is 11.3 Å². The van der Waals surface area contributed by atoms with Crippen LogP contribution in [0.3, 0.4) is 0 Å². The summed E-state index contributed by atoms with van der Waals surface area (Å²) in [7, 11) is 0. The summed E-state index contributed by atoms with van der Waals surface area (Å²) in [5.74, 6) is 1.33. The molecular formula is C15H19N3OS2. The Balaban J connectivity index is 1.98. The summed E-state index contributed by atoms with van der Waals surface area (Å²) in [5.41, 5.74) is 1.86. The average Bonchev–Trinajstić information content (AvgIpc) is 2.92.